The van der Waals surface area contributed by atoms with Crippen molar-refractivity contribution < 1.29 is 13.2 Å². The number of hydrogen-bond acceptors (Lipinski definition) is 5. The van der Waals surface area contributed by atoms with Gasteiger partial charge in [0.2, 0.25) is 15.9 Å². The quantitative estimate of drug-likeness (QED) is 0.743. The van der Waals surface area contributed by atoms with E-state index in [2.05, 4.69) is 10.3 Å². The Labute approximate surface area is 180 Å². The Bertz CT molecular complexity index is 1010. The molecule has 1 aromatic heterocycles. The van der Waals surface area contributed by atoms with Crippen LogP contribution >= 0.6 is 22.9 Å². The number of sulfonamides is 1. The molecule has 1 fully saturated rings. The lowest BCUT2D eigenvalue weighted by atomic mass is 9.78. The molecule has 0 radical (unpaired) electrons. The van der Waals surface area contributed by atoms with Crippen molar-refractivity contribution in [3.63, 3.8) is 0 Å². The number of hydrogen-bond donors (Lipinski definition) is 1. The molecule has 4 rings (SSSR count). The van der Waals surface area contributed by atoms with Gasteiger partial charge in [-0.05, 0) is 37.5 Å². The van der Waals surface area contributed by atoms with Crippen LogP contribution in [-0.2, 0) is 33.2 Å². The van der Waals surface area contributed by atoms with Gasteiger partial charge < -0.3 is 5.32 Å². The average molecular weight is 454 g/mol. The number of carbonyl (C=O) groups excluding carboxylic acids is 1. The number of aromatic nitrogens is 1. The van der Waals surface area contributed by atoms with Crippen LogP contribution in [0.4, 0.5) is 5.13 Å². The van der Waals surface area contributed by atoms with E-state index in [-0.39, 0.29) is 11.7 Å². The largest absolute Gasteiger partial charge is 0.301 e. The first-order valence-corrected chi connectivity index (χ1v) is 12.7. The molecule has 1 aliphatic heterocycles. The number of benzene rings is 1. The molecule has 2 aromatic rings. The Kier molecular flexibility index (Phi) is 5.72. The van der Waals surface area contributed by atoms with Crippen LogP contribution in [0.25, 0.3) is 0 Å². The summed E-state index contributed by atoms with van der Waals surface area (Å²) in [4.78, 5) is 18.8. The summed E-state index contributed by atoms with van der Waals surface area (Å²) in [5.41, 5.74) is 1.31. The molecule has 0 saturated heterocycles. The monoisotopic (exact) mass is 453 g/mol. The summed E-state index contributed by atoms with van der Waals surface area (Å²) in [6.45, 7) is 2.43. The van der Waals surface area contributed by atoms with E-state index in [0.29, 0.717) is 29.7 Å². The van der Waals surface area contributed by atoms with E-state index in [1.165, 1.54) is 15.6 Å². The number of rotatable bonds is 5. The summed E-state index contributed by atoms with van der Waals surface area (Å²) >= 11 is 7.41. The van der Waals surface area contributed by atoms with Crippen molar-refractivity contribution in [1.82, 2.24) is 9.29 Å². The highest BCUT2D eigenvalue weighted by molar-refractivity contribution is 7.89. The van der Waals surface area contributed by atoms with Crippen LogP contribution in [-0.4, -0.2) is 35.9 Å². The molecule has 1 amide bonds. The molecule has 6 nitrogen and oxygen atoms in total. The Morgan fingerprint density at radius 3 is 2.62 bits per heavy atom. The maximum absolute atomic E-state index is 13.3. The van der Waals surface area contributed by atoms with Gasteiger partial charge in [-0.25, -0.2) is 13.4 Å². The number of anilines is 1. The second-order valence-electron chi connectivity index (χ2n) is 7.62. The summed E-state index contributed by atoms with van der Waals surface area (Å²) in [7, 11) is -3.23. The van der Waals surface area contributed by atoms with Crippen LogP contribution in [0.2, 0.25) is 5.02 Å². The highest BCUT2D eigenvalue weighted by Crippen LogP contribution is 2.43. The molecular formula is C20H24ClN3O3S2. The minimum Gasteiger partial charge on any atom is -0.301 e. The summed E-state index contributed by atoms with van der Waals surface area (Å²) in [6.07, 6.45) is 4.19. The number of halogens is 1. The zero-order valence-corrected chi connectivity index (χ0v) is 18.7. The summed E-state index contributed by atoms with van der Waals surface area (Å²) in [6, 6.07) is 7.53. The van der Waals surface area contributed by atoms with Crippen molar-refractivity contribution in [2.24, 2.45) is 0 Å². The first-order chi connectivity index (χ1) is 13.8. The van der Waals surface area contributed by atoms with Gasteiger partial charge in [0, 0.05) is 29.4 Å². The minimum atomic E-state index is -3.23. The standard InChI is InChI=1S/C20H24ClN3O3S2/c1-2-29(26,27)24-12-9-16-17(13-24)28-19(22-16)23-18(25)20(10-3-4-11-20)14-5-7-15(21)8-6-14/h5-8H,2-4,9-13H2,1H3,(H,22,23,25). The zero-order chi connectivity index (χ0) is 20.6. The van der Waals surface area contributed by atoms with Gasteiger partial charge in [-0.2, -0.15) is 4.31 Å². The minimum absolute atomic E-state index is 0.0403. The van der Waals surface area contributed by atoms with E-state index in [0.717, 1.165) is 41.8 Å². The molecule has 2 heterocycles. The number of thiazole rings is 1. The topological polar surface area (TPSA) is 79.4 Å². The van der Waals surface area contributed by atoms with Crippen LogP contribution in [0.5, 0.6) is 0 Å². The summed E-state index contributed by atoms with van der Waals surface area (Å²) in [5, 5.41) is 4.24. The molecule has 29 heavy (non-hydrogen) atoms. The zero-order valence-electron chi connectivity index (χ0n) is 16.3. The van der Waals surface area contributed by atoms with Crippen molar-refractivity contribution in [3.05, 3.63) is 45.4 Å². The van der Waals surface area contributed by atoms with Crippen LogP contribution in [0.15, 0.2) is 24.3 Å². The lowest BCUT2D eigenvalue weighted by Gasteiger charge is -2.27. The fraction of sp³-hybridized carbons (Fsp3) is 0.500. The first kappa shape index (κ1) is 20.8. The molecule has 1 aliphatic carbocycles. The van der Waals surface area contributed by atoms with Gasteiger partial charge in [-0.1, -0.05) is 36.6 Å². The lowest BCUT2D eigenvalue weighted by Crippen LogP contribution is -2.38. The van der Waals surface area contributed by atoms with Crippen molar-refractivity contribution in [3.8, 4) is 0 Å². The van der Waals surface area contributed by atoms with Crippen LogP contribution < -0.4 is 5.32 Å². The maximum atomic E-state index is 13.3. The number of carbonyl (C=O) groups is 1. The molecule has 1 aromatic carbocycles. The average Bonchev–Trinajstić information content (AvgIpc) is 3.35. The van der Waals surface area contributed by atoms with E-state index in [1.54, 1.807) is 6.92 Å². The molecule has 0 spiro atoms. The van der Waals surface area contributed by atoms with Crippen molar-refractivity contribution >= 4 is 44.0 Å². The van der Waals surface area contributed by atoms with E-state index >= 15 is 0 Å². The van der Waals surface area contributed by atoms with E-state index < -0.39 is 15.4 Å². The number of fused-ring (bicyclic) bond motifs is 1. The van der Waals surface area contributed by atoms with Crippen molar-refractivity contribution in [2.45, 2.75) is 51.0 Å². The van der Waals surface area contributed by atoms with Gasteiger partial charge in [-0.15, -0.1) is 11.3 Å². The third kappa shape index (κ3) is 3.95. The van der Waals surface area contributed by atoms with Gasteiger partial charge in [0.1, 0.15) is 0 Å². The molecule has 9 heteroatoms. The van der Waals surface area contributed by atoms with Gasteiger partial charge in [0.05, 0.1) is 16.9 Å². The van der Waals surface area contributed by atoms with Gasteiger partial charge in [0.25, 0.3) is 0 Å². The summed E-state index contributed by atoms with van der Waals surface area (Å²) in [5.74, 6) is 0.0513. The molecule has 0 atom stereocenters. The number of amides is 1. The Hall–Kier alpha value is -1.48. The second-order valence-corrected chi connectivity index (χ2v) is 11.4. The van der Waals surface area contributed by atoms with Gasteiger partial charge in [0.15, 0.2) is 5.13 Å². The smallest absolute Gasteiger partial charge is 0.236 e. The Balaban J connectivity index is 1.55. The molecule has 156 valence electrons. The van der Waals surface area contributed by atoms with Crippen LogP contribution in [0.1, 0.15) is 48.7 Å². The van der Waals surface area contributed by atoms with Crippen LogP contribution in [0.3, 0.4) is 0 Å². The fourth-order valence-electron chi connectivity index (χ4n) is 4.26. The summed E-state index contributed by atoms with van der Waals surface area (Å²) < 4.78 is 25.9. The fourth-order valence-corrected chi connectivity index (χ4v) is 6.54. The second kappa shape index (κ2) is 7.98. The highest BCUT2D eigenvalue weighted by Gasteiger charge is 2.43. The molecule has 1 saturated carbocycles. The third-order valence-electron chi connectivity index (χ3n) is 5.96. The Morgan fingerprint density at radius 1 is 1.28 bits per heavy atom. The molecule has 2 aliphatic rings. The Morgan fingerprint density at radius 2 is 1.97 bits per heavy atom. The molecule has 0 unspecified atom stereocenters. The number of nitrogens with one attached hydrogen (secondary N) is 1. The van der Waals surface area contributed by atoms with Crippen molar-refractivity contribution in [1.29, 1.82) is 0 Å². The van der Waals surface area contributed by atoms with Crippen LogP contribution in [0, 0.1) is 0 Å². The first-order valence-electron chi connectivity index (χ1n) is 9.88. The predicted octanol–water partition coefficient (Wildman–Crippen LogP) is 3.95. The lowest BCUT2D eigenvalue weighted by molar-refractivity contribution is -0.121. The van der Waals surface area contributed by atoms with E-state index in [4.69, 9.17) is 11.6 Å². The third-order valence-corrected chi connectivity index (χ3v) is 9.04. The van der Waals surface area contributed by atoms with Gasteiger partial charge >= 0.3 is 0 Å². The highest BCUT2D eigenvalue weighted by atomic mass is 35.5. The SMILES string of the molecule is CCS(=O)(=O)N1CCc2nc(NC(=O)C3(c4ccc(Cl)cc4)CCCC3)sc2C1. The number of nitrogens with zero attached hydrogens (tertiary/aromatic N) is 2. The molecule has 0 bridgehead atoms. The van der Waals surface area contributed by atoms with Gasteiger partial charge in [-0.3, -0.25) is 4.79 Å². The molecule has 1 N–H and O–H groups in total. The maximum Gasteiger partial charge on any atom is 0.236 e. The van der Waals surface area contributed by atoms with E-state index in [1.807, 2.05) is 24.3 Å². The van der Waals surface area contributed by atoms with E-state index in [9.17, 15) is 13.2 Å². The predicted molar refractivity (Wildman–Crippen MR) is 116 cm³/mol. The normalized spacial score (nSPS) is 19.1. The van der Waals surface area contributed by atoms with Crippen molar-refractivity contribution in [2.75, 3.05) is 17.6 Å². The molecular weight excluding hydrogens is 430 g/mol.